The van der Waals surface area contributed by atoms with Crippen molar-refractivity contribution in [2.75, 3.05) is 13.1 Å². The van der Waals surface area contributed by atoms with Crippen LogP contribution < -0.4 is 0 Å². The van der Waals surface area contributed by atoms with Crippen molar-refractivity contribution in [3.63, 3.8) is 0 Å². The number of halogens is 1. The van der Waals surface area contributed by atoms with E-state index in [0.29, 0.717) is 28.1 Å². The zero-order valence-corrected chi connectivity index (χ0v) is 16.9. The predicted octanol–water partition coefficient (Wildman–Crippen LogP) is 4.06. The van der Waals surface area contributed by atoms with Crippen LogP contribution in [0, 0.1) is 19.8 Å². The molecule has 146 valence electrons. The summed E-state index contributed by atoms with van der Waals surface area (Å²) in [5.74, 6) is 1.37. The van der Waals surface area contributed by atoms with E-state index in [9.17, 15) is 4.79 Å². The standard InChI is InChI=1S/C20H22ClN5O2/c1-12-5-4-10-25(11-12)20(27)15-6-8-16(9-7-15)26-13(2)17(21)18(24-26)19-23-22-14(3)28-19/h6-9,12H,4-5,10-11H2,1-3H3. The van der Waals surface area contributed by atoms with Gasteiger partial charge in [0.25, 0.3) is 11.8 Å². The van der Waals surface area contributed by atoms with E-state index < -0.39 is 0 Å². The largest absolute Gasteiger partial charge is 0.420 e. The summed E-state index contributed by atoms with van der Waals surface area (Å²) in [6, 6.07) is 7.42. The molecule has 0 bridgehead atoms. The monoisotopic (exact) mass is 399 g/mol. The fourth-order valence-electron chi connectivity index (χ4n) is 3.57. The van der Waals surface area contributed by atoms with Crippen molar-refractivity contribution in [2.45, 2.75) is 33.6 Å². The summed E-state index contributed by atoms with van der Waals surface area (Å²) in [6.45, 7) is 7.42. The van der Waals surface area contributed by atoms with Crippen LogP contribution in [0.4, 0.5) is 0 Å². The topological polar surface area (TPSA) is 77.1 Å². The van der Waals surface area contributed by atoms with Crippen molar-refractivity contribution in [2.24, 2.45) is 5.92 Å². The van der Waals surface area contributed by atoms with Crippen LogP contribution in [0.15, 0.2) is 28.7 Å². The average Bonchev–Trinajstić information content (AvgIpc) is 3.25. The van der Waals surface area contributed by atoms with E-state index in [-0.39, 0.29) is 11.8 Å². The summed E-state index contributed by atoms with van der Waals surface area (Å²) in [5.41, 5.74) is 2.70. The lowest BCUT2D eigenvalue weighted by Crippen LogP contribution is -2.39. The third-order valence-corrected chi connectivity index (χ3v) is 5.53. The Hall–Kier alpha value is -2.67. The highest BCUT2D eigenvalue weighted by molar-refractivity contribution is 6.33. The summed E-state index contributed by atoms with van der Waals surface area (Å²) in [6.07, 6.45) is 2.25. The maximum Gasteiger partial charge on any atom is 0.269 e. The van der Waals surface area contributed by atoms with Crippen LogP contribution in [0.5, 0.6) is 0 Å². The lowest BCUT2D eigenvalue weighted by molar-refractivity contribution is 0.0683. The van der Waals surface area contributed by atoms with Crippen molar-refractivity contribution in [1.29, 1.82) is 0 Å². The van der Waals surface area contributed by atoms with Gasteiger partial charge in [0.15, 0.2) is 5.69 Å². The predicted molar refractivity (Wildman–Crippen MR) is 106 cm³/mol. The zero-order valence-electron chi connectivity index (χ0n) is 16.1. The Morgan fingerprint density at radius 2 is 1.96 bits per heavy atom. The van der Waals surface area contributed by atoms with E-state index in [2.05, 4.69) is 22.2 Å². The molecular weight excluding hydrogens is 378 g/mol. The fourth-order valence-corrected chi connectivity index (χ4v) is 3.76. The number of benzene rings is 1. The minimum atomic E-state index is 0.0790. The molecule has 1 aromatic carbocycles. The fraction of sp³-hybridized carbons (Fsp3) is 0.400. The molecule has 1 atom stereocenters. The molecule has 0 saturated carbocycles. The molecule has 7 nitrogen and oxygen atoms in total. The Balaban J connectivity index is 1.60. The second-order valence-electron chi connectivity index (χ2n) is 7.33. The molecule has 28 heavy (non-hydrogen) atoms. The third kappa shape index (κ3) is 3.42. The van der Waals surface area contributed by atoms with E-state index in [4.69, 9.17) is 16.0 Å². The van der Waals surface area contributed by atoms with Crippen molar-refractivity contribution in [3.8, 4) is 17.3 Å². The summed E-state index contributed by atoms with van der Waals surface area (Å²) < 4.78 is 7.16. The number of rotatable bonds is 3. The molecule has 1 fully saturated rings. The van der Waals surface area contributed by atoms with Gasteiger partial charge in [-0.2, -0.15) is 5.10 Å². The van der Waals surface area contributed by atoms with Gasteiger partial charge in [-0.3, -0.25) is 4.79 Å². The Bertz CT molecular complexity index is 1010. The third-order valence-electron chi connectivity index (χ3n) is 5.07. The maximum absolute atomic E-state index is 12.8. The van der Waals surface area contributed by atoms with Gasteiger partial charge >= 0.3 is 0 Å². The van der Waals surface area contributed by atoms with Crippen LogP contribution >= 0.6 is 11.6 Å². The number of aromatic nitrogens is 4. The molecule has 0 aliphatic carbocycles. The van der Waals surface area contributed by atoms with Crippen LogP contribution in [-0.2, 0) is 0 Å². The highest BCUT2D eigenvalue weighted by Gasteiger charge is 2.23. The summed E-state index contributed by atoms with van der Waals surface area (Å²) in [7, 11) is 0. The van der Waals surface area contributed by atoms with Gasteiger partial charge in [0.2, 0.25) is 5.89 Å². The van der Waals surface area contributed by atoms with Gasteiger partial charge in [0.1, 0.15) is 0 Å². The molecule has 0 spiro atoms. The minimum Gasteiger partial charge on any atom is -0.420 e. The highest BCUT2D eigenvalue weighted by Crippen LogP contribution is 2.30. The second kappa shape index (κ2) is 7.39. The number of amides is 1. The van der Waals surface area contributed by atoms with Gasteiger partial charge < -0.3 is 9.32 Å². The van der Waals surface area contributed by atoms with E-state index in [0.717, 1.165) is 30.9 Å². The van der Waals surface area contributed by atoms with Crippen LogP contribution in [0.3, 0.4) is 0 Å². The van der Waals surface area contributed by atoms with Gasteiger partial charge in [-0.15, -0.1) is 10.2 Å². The molecular formula is C20H22ClN5O2. The maximum atomic E-state index is 12.8. The van der Waals surface area contributed by atoms with Gasteiger partial charge in [0.05, 0.1) is 16.4 Å². The smallest absolute Gasteiger partial charge is 0.269 e. The molecule has 3 aromatic rings. The van der Waals surface area contributed by atoms with Crippen molar-refractivity contribution in [3.05, 3.63) is 46.4 Å². The summed E-state index contributed by atoms with van der Waals surface area (Å²) in [5, 5.41) is 12.8. The van der Waals surface area contributed by atoms with E-state index >= 15 is 0 Å². The minimum absolute atomic E-state index is 0.0790. The SMILES string of the molecule is Cc1nnc(-c2nn(-c3ccc(C(=O)N4CCCC(C)C4)cc3)c(C)c2Cl)o1. The van der Waals surface area contributed by atoms with Crippen LogP contribution in [-0.4, -0.2) is 43.9 Å². The van der Waals surface area contributed by atoms with Gasteiger partial charge in [-0.05, 0) is 49.9 Å². The molecule has 1 unspecified atom stereocenters. The molecule has 2 aromatic heterocycles. The van der Waals surface area contributed by atoms with Crippen molar-refractivity contribution >= 4 is 17.5 Å². The molecule has 4 rings (SSSR count). The molecule has 1 amide bonds. The quantitative estimate of drug-likeness (QED) is 0.663. The lowest BCUT2D eigenvalue weighted by Gasteiger charge is -2.31. The van der Waals surface area contributed by atoms with Crippen LogP contribution in [0.1, 0.15) is 41.7 Å². The van der Waals surface area contributed by atoms with Crippen LogP contribution in [0.25, 0.3) is 17.3 Å². The number of piperidine rings is 1. The van der Waals surface area contributed by atoms with Gasteiger partial charge in [-0.1, -0.05) is 18.5 Å². The van der Waals surface area contributed by atoms with Crippen molar-refractivity contribution in [1.82, 2.24) is 24.9 Å². The first-order chi connectivity index (χ1) is 13.4. The molecule has 1 saturated heterocycles. The first-order valence-electron chi connectivity index (χ1n) is 9.39. The van der Waals surface area contributed by atoms with E-state index in [1.807, 2.05) is 36.1 Å². The summed E-state index contributed by atoms with van der Waals surface area (Å²) in [4.78, 5) is 14.7. The van der Waals surface area contributed by atoms with E-state index in [1.165, 1.54) is 6.42 Å². The number of likely N-dealkylation sites (tertiary alicyclic amines) is 1. The first-order valence-corrected chi connectivity index (χ1v) is 9.77. The molecule has 3 heterocycles. The normalized spacial score (nSPS) is 17.1. The molecule has 0 radical (unpaired) electrons. The average molecular weight is 400 g/mol. The lowest BCUT2D eigenvalue weighted by atomic mass is 9.99. The number of carbonyl (C=O) groups is 1. The molecule has 0 N–H and O–H groups in total. The molecule has 1 aliphatic heterocycles. The van der Waals surface area contributed by atoms with E-state index in [1.54, 1.807) is 11.6 Å². The molecule has 8 heteroatoms. The van der Waals surface area contributed by atoms with Gasteiger partial charge in [-0.25, -0.2) is 4.68 Å². The molecule has 1 aliphatic rings. The Morgan fingerprint density at radius 3 is 2.61 bits per heavy atom. The number of hydrogen-bond acceptors (Lipinski definition) is 5. The second-order valence-corrected chi connectivity index (χ2v) is 7.71. The number of nitrogens with zero attached hydrogens (tertiary/aromatic N) is 5. The Morgan fingerprint density at radius 1 is 1.21 bits per heavy atom. The highest BCUT2D eigenvalue weighted by atomic mass is 35.5. The zero-order chi connectivity index (χ0) is 19.8. The number of carbonyl (C=O) groups excluding carboxylic acids is 1. The number of hydrogen-bond donors (Lipinski definition) is 0. The Labute approximate surface area is 168 Å². The number of aryl methyl sites for hydroxylation is 1. The first kappa shape index (κ1) is 18.7. The van der Waals surface area contributed by atoms with Gasteiger partial charge in [0, 0.05) is 25.6 Å². The van der Waals surface area contributed by atoms with Crippen LogP contribution in [0.2, 0.25) is 5.02 Å². The Kier molecular flexibility index (Phi) is 4.93. The summed E-state index contributed by atoms with van der Waals surface area (Å²) >= 11 is 6.43. The van der Waals surface area contributed by atoms with Crippen molar-refractivity contribution < 1.29 is 9.21 Å².